The van der Waals surface area contributed by atoms with E-state index in [0.717, 1.165) is 4.90 Å². The summed E-state index contributed by atoms with van der Waals surface area (Å²) in [6.07, 6.45) is 0. The fraction of sp³-hybridized carbons (Fsp3) is 0.278. The van der Waals surface area contributed by atoms with Gasteiger partial charge in [0, 0.05) is 0 Å². The Bertz CT molecular complexity index is 931. The highest BCUT2D eigenvalue weighted by Crippen LogP contribution is 2.20. The molecule has 0 bridgehead atoms. The second-order valence-corrected chi connectivity index (χ2v) is 8.45. The summed E-state index contributed by atoms with van der Waals surface area (Å²) in [6, 6.07) is 12.7. The molecule has 1 aliphatic heterocycles. The molecule has 1 N–H and O–H groups in total. The largest absolute Gasteiger partial charge is 0.329 e. The third-order valence-corrected chi connectivity index (χ3v) is 6.85. The maximum atomic E-state index is 13.9. The summed E-state index contributed by atoms with van der Waals surface area (Å²) >= 11 is 6.07. The number of nitriles is 1. The first-order valence-electron chi connectivity index (χ1n) is 8.19. The van der Waals surface area contributed by atoms with Crippen LogP contribution in [0.15, 0.2) is 47.4 Å². The quantitative estimate of drug-likeness (QED) is 0.853. The van der Waals surface area contributed by atoms with Crippen molar-refractivity contribution in [1.82, 2.24) is 4.31 Å². The maximum Gasteiger partial charge on any atom is 0.244 e. The summed E-state index contributed by atoms with van der Waals surface area (Å²) < 4.78 is 41.0. The number of nitrogens with one attached hydrogen (secondary N) is 1. The minimum absolute atomic E-state index is 0.0306. The standard InChI is InChI=1S/C18H17ClFN3O2S/c19-16-5-3-6-17(20)15(16)13-22-8-10-23(11-9-22)26(24,25)18-7-2-1-4-14(18)12-21/h1-7H,8-11,13H2/p+1. The van der Waals surface area contributed by atoms with Gasteiger partial charge in [-0.3, -0.25) is 0 Å². The molecule has 2 aromatic carbocycles. The van der Waals surface area contributed by atoms with Gasteiger partial charge in [0.25, 0.3) is 0 Å². The minimum Gasteiger partial charge on any atom is -0.329 e. The Morgan fingerprint density at radius 2 is 1.85 bits per heavy atom. The number of rotatable bonds is 4. The maximum absolute atomic E-state index is 13.9. The van der Waals surface area contributed by atoms with Crippen LogP contribution in [0.3, 0.4) is 0 Å². The Balaban J connectivity index is 1.71. The summed E-state index contributed by atoms with van der Waals surface area (Å²) in [7, 11) is -3.72. The molecule has 0 amide bonds. The number of hydrogen-bond acceptors (Lipinski definition) is 3. The molecule has 8 heteroatoms. The van der Waals surface area contributed by atoms with E-state index in [4.69, 9.17) is 16.9 Å². The minimum atomic E-state index is -3.72. The lowest BCUT2D eigenvalue weighted by Gasteiger charge is -2.31. The second-order valence-electron chi connectivity index (χ2n) is 6.14. The molecule has 0 spiro atoms. The predicted molar refractivity (Wildman–Crippen MR) is 95.7 cm³/mol. The fourth-order valence-electron chi connectivity index (χ4n) is 3.09. The molecule has 0 saturated carbocycles. The fourth-order valence-corrected chi connectivity index (χ4v) is 4.91. The van der Waals surface area contributed by atoms with Crippen LogP contribution in [0.25, 0.3) is 0 Å². The molecule has 1 aliphatic rings. The normalized spacial score (nSPS) is 16.3. The number of nitrogens with zero attached hydrogens (tertiary/aromatic N) is 2. The molecule has 0 radical (unpaired) electrons. The van der Waals surface area contributed by atoms with Crippen LogP contribution in [-0.4, -0.2) is 38.9 Å². The van der Waals surface area contributed by atoms with Crippen LogP contribution in [0.2, 0.25) is 5.02 Å². The lowest BCUT2D eigenvalue weighted by molar-refractivity contribution is -0.917. The van der Waals surface area contributed by atoms with Crippen LogP contribution >= 0.6 is 11.6 Å². The Hall–Kier alpha value is -1.98. The second kappa shape index (κ2) is 7.72. The molecule has 0 aromatic heterocycles. The van der Waals surface area contributed by atoms with Crippen LogP contribution in [-0.2, 0) is 16.6 Å². The monoisotopic (exact) mass is 394 g/mol. The van der Waals surface area contributed by atoms with Gasteiger partial charge in [0.1, 0.15) is 18.4 Å². The number of benzene rings is 2. The van der Waals surface area contributed by atoms with Gasteiger partial charge in [-0.25, -0.2) is 12.8 Å². The summed E-state index contributed by atoms with van der Waals surface area (Å²) in [5, 5.41) is 9.54. The molecule has 1 saturated heterocycles. The predicted octanol–water partition coefficient (Wildman–Crippen LogP) is 1.44. The molecule has 0 aliphatic carbocycles. The highest BCUT2D eigenvalue weighted by Gasteiger charge is 2.32. The van der Waals surface area contributed by atoms with Crippen molar-refractivity contribution < 1.29 is 17.7 Å². The van der Waals surface area contributed by atoms with Gasteiger partial charge in [-0.05, 0) is 24.3 Å². The summed E-state index contributed by atoms with van der Waals surface area (Å²) in [6.45, 7) is 2.11. The van der Waals surface area contributed by atoms with Gasteiger partial charge in [0.05, 0.1) is 47.2 Å². The molecule has 0 atom stereocenters. The van der Waals surface area contributed by atoms with Crippen molar-refractivity contribution in [2.45, 2.75) is 11.4 Å². The first-order chi connectivity index (χ1) is 12.4. The number of piperazine rings is 1. The van der Waals surface area contributed by atoms with Gasteiger partial charge in [0.2, 0.25) is 10.0 Å². The van der Waals surface area contributed by atoms with Crippen molar-refractivity contribution in [3.8, 4) is 6.07 Å². The topological polar surface area (TPSA) is 65.6 Å². The Labute approximate surface area is 157 Å². The molecule has 2 aromatic rings. The lowest BCUT2D eigenvalue weighted by Crippen LogP contribution is -3.13. The number of hydrogen-bond donors (Lipinski definition) is 1. The molecule has 136 valence electrons. The molecule has 0 unspecified atom stereocenters. The third kappa shape index (κ3) is 3.74. The molecule has 1 fully saturated rings. The van der Waals surface area contributed by atoms with Gasteiger partial charge in [-0.1, -0.05) is 29.8 Å². The van der Waals surface area contributed by atoms with Crippen molar-refractivity contribution in [1.29, 1.82) is 5.26 Å². The number of halogens is 2. The van der Waals surface area contributed by atoms with Crippen molar-refractivity contribution in [3.63, 3.8) is 0 Å². The van der Waals surface area contributed by atoms with Crippen molar-refractivity contribution in [2.24, 2.45) is 0 Å². The molecular formula is C18H18ClFN3O2S+. The highest BCUT2D eigenvalue weighted by molar-refractivity contribution is 7.89. The van der Waals surface area contributed by atoms with Gasteiger partial charge in [0.15, 0.2) is 0 Å². The van der Waals surface area contributed by atoms with Crippen LogP contribution in [0.5, 0.6) is 0 Å². The lowest BCUT2D eigenvalue weighted by atomic mass is 10.2. The number of sulfonamides is 1. The van der Waals surface area contributed by atoms with E-state index in [1.165, 1.54) is 22.5 Å². The molecule has 26 heavy (non-hydrogen) atoms. The molecule has 1 heterocycles. The average molecular weight is 395 g/mol. The SMILES string of the molecule is N#Cc1ccccc1S(=O)(=O)N1CC[NH+](Cc2c(F)cccc2Cl)CC1. The highest BCUT2D eigenvalue weighted by atomic mass is 35.5. The molecular weight excluding hydrogens is 377 g/mol. The first-order valence-corrected chi connectivity index (χ1v) is 10.0. The Morgan fingerprint density at radius 1 is 1.15 bits per heavy atom. The van der Waals surface area contributed by atoms with E-state index in [0.29, 0.717) is 43.3 Å². The third-order valence-electron chi connectivity index (χ3n) is 4.54. The zero-order valence-corrected chi connectivity index (χ0v) is 15.5. The zero-order chi connectivity index (χ0) is 18.7. The van der Waals surface area contributed by atoms with Crippen molar-refractivity contribution >= 4 is 21.6 Å². The Morgan fingerprint density at radius 3 is 2.50 bits per heavy atom. The van der Waals surface area contributed by atoms with Crippen LogP contribution in [0.4, 0.5) is 4.39 Å². The van der Waals surface area contributed by atoms with E-state index in [1.54, 1.807) is 24.3 Å². The van der Waals surface area contributed by atoms with E-state index in [2.05, 4.69) is 0 Å². The van der Waals surface area contributed by atoms with Crippen molar-refractivity contribution in [2.75, 3.05) is 26.2 Å². The van der Waals surface area contributed by atoms with Crippen LogP contribution < -0.4 is 4.90 Å². The van der Waals surface area contributed by atoms with E-state index < -0.39 is 10.0 Å². The van der Waals surface area contributed by atoms with Gasteiger partial charge in [-0.15, -0.1) is 0 Å². The van der Waals surface area contributed by atoms with E-state index in [-0.39, 0.29) is 16.3 Å². The smallest absolute Gasteiger partial charge is 0.244 e. The van der Waals surface area contributed by atoms with Crippen LogP contribution in [0, 0.1) is 17.1 Å². The first kappa shape index (κ1) is 18.8. The van der Waals surface area contributed by atoms with E-state index >= 15 is 0 Å². The Kier molecular flexibility index (Phi) is 5.58. The van der Waals surface area contributed by atoms with E-state index in [1.807, 2.05) is 6.07 Å². The summed E-state index contributed by atoms with van der Waals surface area (Å²) in [5.74, 6) is -0.344. The molecule has 5 nitrogen and oxygen atoms in total. The van der Waals surface area contributed by atoms with E-state index in [9.17, 15) is 12.8 Å². The average Bonchev–Trinajstić information content (AvgIpc) is 2.65. The molecule has 3 rings (SSSR count). The zero-order valence-electron chi connectivity index (χ0n) is 14.0. The van der Waals surface area contributed by atoms with Gasteiger partial charge < -0.3 is 4.90 Å². The van der Waals surface area contributed by atoms with Gasteiger partial charge >= 0.3 is 0 Å². The summed E-state index contributed by atoms with van der Waals surface area (Å²) in [4.78, 5) is 1.10. The summed E-state index contributed by atoms with van der Waals surface area (Å²) in [5.41, 5.74) is 0.593. The van der Waals surface area contributed by atoms with Gasteiger partial charge in [-0.2, -0.15) is 9.57 Å². The van der Waals surface area contributed by atoms with Crippen molar-refractivity contribution in [3.05, 3.63) is 64.4 Å². The number of quaternary nitrogens is 1. The van der Waals surface area contributed by atoms with Crippen LogP contribution in [0.1, 0.15) is 11.1 Å².